The third-order valence-electron chi connectivity index (χ3n) is 5.64. The van der Waals surface area contributed by atoms with Gasteiger partial charge in [0.05, 0.1) is 16.1 Å². The number of benzene rings is 2. The molecule has 1 aromatic heterocycles. The van der Waals surface area contributed by atoms with Gasteiger partial charge in [0, 0.05) is 31.3 Å². The van der Waals surface area contributed by atoms with E-state index in [0.717, 1.165) is 15.9 Å². The highest BCUT2D eigenvalue weighted by Gasteiger charge is 2.38. The van der Waals surface area contributed by atoms with Crippen molar-refractivity contribution < 1.29 is 19.1 Å². The van der Waals surface area contributed by atoms with Gasteiger partial charge in [0.15, 0.2) is 16.6 Å². The Morgan fingerprint density at radius 3 is 2.75 bits per heavy atom. The Balaban J connectivity index is 1.39. The Kier molecular flexibility index (Phi) is 5.46. The van der Waals surface area contributed by atoms with Crippen molar-refractivity contribution in [3.8, 4) is 11.5 Å². The molecule has 3 heterocycles. The van der Waals surface area contributed by atoms with Crippen LogP contribution >= 0.6 is 11.3 Å². The second-order valence-corrected chi connectivity index (χ2v) is 9.55. The molecule has 1 saturated heterocycles. The third-order valence-corrected chi connectivity index (χ3v) is 6.70. The van der Waals surface area contributed by atoms with Crippen LogP contribution in [-0.4, -0.2) is 43.1 Å². The summed E-state index contributed by atoms with van der Waals surface area (Å²) in [7, 11) is 0. The number of ether oxygens (including phenoxy) is 2. The molecule has 32 heavy (non-hydrogen) atoms. The van der Waals surface area contributed by atoms with Crippen molar-refractivity contribution in [1.82, 2.24) is 4.98 Å². The Bertz CT molecular complexity index is 1140. The average Bonchev–Trinajstić information content (AvgIpc) is 3.40. The first-order valence-corrected chi connectivity index (χ1v) is 11.7. The van der Waals surface area contributed by atoms with Crippen molar-refractivity contribution in [2.24, 2.45) is 11.8 Å². The second-order valence-electron chi connectivity index (χ2n) is 8.54. The van der Waals surface area contributed by atoms with Gasteiger partial charge in [-0.15, -0.1) is 0 Å². The molecule has 166 valence electrons. The van der Waals surface area contributed by atoms with E-state index in [1.165, 1.54) is 11.3 Å². The van der Waals surface area contributed by atoms with Gasteiger partial charge < -0.3 is 14.4 Å². The summed E-state index contributed by atoms with van der Waals surface area (Å²) in [5.41, 5.74) is 1.61. The molecule has 2 aromatic carbocycles. The molecule has 0 aliphatic carbocycles. The minimum absolute atomic E-state index is 0.0499. The number of hydrogen-bond donors (Lipinski definition) is 0. The molecule has 5 rings (SSSR count). The van der Waals surface area contributed by atoms with Crippen molar-refractivity contribution in [2.45, 2.75) is 20.3 Å². The van der Waals surface area contributed by atoms with Crippen LogP contribution in [0.15, 0.2) is 42.5 Å². The molecule has 2 aliphatic heterocycles. The molecule has 2 aliphatic rings. The van der Waals surface area contributed by atoms with Crippen molar-refractivity contribution in [3.63, 3.8) is 0 Å². The molecule has 8 heteroatoms. The van der Waals surface area contributed by atoms with E-state index < -0.39 is 5.92 Å². The van der Waals surface area contributed by atoms with Gasteiger partial charge in [-0.1, -0.05) is 37.3 Å². The maximum Gasteiger partial charge on any atom is 0.234 e. The number of rotatable bonds is 5. The number of para-hydroxylation sites is 1. The van der Waals surface area contributed by atoms with Gasteiger partial charge in [0.25, 0.3) is 0 Å². The van der Waals surface area contributed by atoms with Gasteiger partial charge in [0.2, 0.25) is 11.8 Å². The molecule has 7 nitrogen and oxygen atoms in total. The molecule has 0 radical (unpaired) electrons. The van der Waals surface area contributed by atoms with Crippen LogP contribution in [0.2, 0.25) is 0 Å². The van der Waals surface area contributed by atoms with E-state index in [-0.39, 0.29) is 24.2 Å². The van der Waals surface area contributed by atoms with E-state index in [4.69, 9.17) is 14.5 Å². The zero-order valence-corrected chi connectivity index (χ0v) is 18.9. The summed E-state index contributed by atoms with van der Waals surface area (Å²) in [6.07, 6.45) is 0.187. The topological polar surface area (TPSA) is 72.0 Å². The number of carbonyl (C=O) groups excluding carboxylic acids is 2. The Hall–Kier alpha value is -3.13. The largest absolute Gasteiger partial charge is 0.486 e. The molecule has 2 amide bonds. The van der Waals surface area contributed by atoms with E-state index in [0.29, 0.717) is 42.9 Å². The summed E-state index contributed by atoms with van der Waals surface area (Å²) < 4.78 is 12.3. The van der Waals surface area contributed by atoms with Crippen LogP contribution in [0.5, 0.6) is 11.5 Å². The first-order valence-electron chi connectivity index (χ1n) is 10.9. The predicted molar refractivity (Wildman–Crippen MR) is 125 cm³/mol. The van der Waals surface area contributed by atoms with Crippen LogP contribution in [0.1, 0.15) is 20.3 Å². The SMILES string of the molecule is CC(C)CN(C(=O)C1CC(=O)N(c2ccc3c(c2)OCCO3)C1)c1nc2ccccc2s1. The van der Waals surface area contributed by atoms with Gasteiger partial charge in [-0.2, -0.15) is 0 Å². The van der Waals surface area contributed by atoms with Gasteiger partial charge in [-0.25, -0.2) is 4.98 Å². The summed E-state index contributed by atoms with van der Waals surface area (Å²) in [6, 6.07) is 13.4. The first kappa shape index (κ1) is 20.8. The highest BCUT2D eigenvalue weighted by atomic mass is 32.1. The Labute approximate surface area is 190 Å². The van der Waals surface area contributed by atoms with Crippen molar-refractivity contribution in [3.05, 3.63) is 42.5 Å². The molecular formula is C24H25N3O4S. The third kappa shape index (κ3) is 3.90. The highest BCUT2D eigenvalue weighted by Crippen LogP contribution is 2.37. The number of anilines is 2. The van der Waals surface area contributed by atoms with Crippen LogP contribution in [0, 0.1) is 11.8 Å². The number of hydrogen-bond acceptors (Lipinski definition) is 6. The normalized spacial score (nSPS) is 17.9. The van der Waals surface area contributed by atoms with Crippen LogP contribution in [0.3, 0.4) is 0 Å². The van der Waals surface area contributed by atoms with Crippen LogP contribution in [0.4, 0.5) is 10.8 Å². The van der Waals surface area contributed by atoms with E-state index in [2.05, 4.69) is 13.8 Å². The second kappa shape index (κ2) is 8.43. The number of fused-ring (bicyclic) bond motifs is 2. The molecule has 1 fully saturated rings. The van der Waals surface area contributed by atoms with Crippen molar-refractivity contribution >= 4 is 44.2 Å². The lowest BCUT2D eigenvalue weighted by atomic mass is 10.1. The zero-order chi connectivity index (χ0) is 22.2. The summed E-state index contributed by atoms with van der Waals surface area (Å²) >= 11 is 1.51. The van der Waals surface area contributed by atoms with Crippen molar-refractivity contribution in [1.29, 1.82) is 0 Å². The Morgan fingerprint density at radius 1 is 1.19 bits per heavy atom. The van der Waals surface area contributed by atoms with Crippen LogP contribution in [-0.2, 0) is 9.59 Å². The fourth-order valence-electron chi connectivity index (χ4n) is 4.15. The van der Waals surface area contributed by atoms with Gasteiger partial charge >= 0.3 is 0 Å². The van der Waals surface area contributed by atoms with Gasteiger partial charge in [-0.3, -0.25) is 14.5 Å². The lowest BCUT2D eigenvalue weighted by Crippen LogP contribution is -2.39. The summed E-state index contributed by atoms with van der Waals surface area (Å²) in [4.78, 5) is 34.6. The lowest BCUT2D eigenvalue weighted by molar-refractivity contribution is -0.124. The summed E-state index contributed by atoms with van der Waals surface area (Å²) in [5.74, 6) is 1.06. The van der Waals surface area contributed by atoms with E-state index >= 15 is 0 Å². The molecule has 0 saturated carbocycles. The lowest BCUT2D eigenvalue weighted by Gasteiger charge is -2.25. The zero-order valence-electron chi connectivity index (χ0n) is 18.1. The molecule has 0 spiro atoms. The number of amides is 2. The maximum absolute atomic E-state index is 13.6. The minimum atomic E-state index is -0.415. The minimum Gasteiger partial charge on any atom is -0.486 e. The number of thiazole rings is 1. The van der Waals surface area contributed by atoms with Crippen LogP contribution < -0.4 is 19.3 Å². The maximum atomic E-state index is 13.6. The standard InChI is InChI=1S/C24H25N3O4S/c1-15(2)13-27(24-25-18-5-3-4-6-21(18)32-24)23(29)16-11-22(28)26(14-16)17-7-8-19-20(12-17)31-10-9-30-19/h3-8,12,15-16H,9-11,13-14H2,1-2H3. The first-order chi connectivity index (χ1) is 15.5. The van der Waals surface area contributed by atoms with Gasteiger partial charge in [-0.05, 0) is 30.2 Å². The molecule has 1 atom stereocenters. The van der Waals surface area contributed by atoms with Crippen molar-refractivity contribution in [2.75, 3.05) is 36.1 Å². The smallest absolute Gasteiger partial charge is 0.234 e. The van der Waals surface area contributed by atoms with E-state index in [1.54, 1.807) is 9.80 Å². The predicted octanol–water partition coefficient (Wildman–Crippen LogP) is 4.11. The number of nitrogens with zero attached hydrogens (tertiary/aromatic N) is 3. The fraction of sp³-hybridized carbons (Fsp3) is 0.375. The molecular weight excluding hydrogens is 426 g/mol. The van der Waals surface area contributed by atoms with Gasteiger partial charge in [0.1, 0.15) is 13.2 Å². The highest BCUT2D eigenvalue weighted by molar-refractivity contribution is 7.22. The summed E-state index contributed by atoms with van der Waals surface area (Å²) in [5, 5.41) is 0.690. The number of aromatic nitrogens is 1. The van der Waals surface area contributed by atoms with Crippen LogP contribution in [0.25, 0.3) is 10.2 Å². The molecule has 1 unspecified atom stereocenters. The molecule has 0 bridgehead atoms. The quantitative estimate of drug-likeness (QED) is 0.584. The average molecular weight is 452 g/mol. The number of carbonyl (C=O) groups is 2. The fourth-order valence-corrected chi connectivity index (χ4v) is 5.13. The monoisotopic (exact) mass is 451 g/mol. The molecule has 0 N–H and O–H groups in total. The summed E-state index contributed by atoms with van der Waals surface area (Å²) in [6.45, 7) is 6.06. The van der Waals surface area contributed by atoms with E-state index in [9.17, 15) is 9.59 Å². The van der Waals surface area contributed by atoms with E-state index in [1.807, 2.05) is 42.5 Å². The molecule has 3 aromatic rings. The Morgan fingerprint density at radius 2 is 1.97 bits per heavy atom.